The average Bonchev–Trinajstić information content (AvgIpc) is 2.75. The van der Waals surface area contributed by atoms with Crippen LogP contribution < -0.4 is 19.9 Å². The highest BCUT2D eigenvalue weighted by Gasteiger charge is 2.31. The topological polar surface area (TPSA) is 99.2 Å². The lowest BCUT2D eigenvalue weighted by Crippen LogP contribution is -2.35. The Balaban J connectivity index is 1.83. The molecule has 0 amide bonds. The van der Waals surface area contributed by atoms with E-state index in [0.29, 0.717) is 36.2 Å². The van der Waals surface area contributed by atoms with Crippen LogP contribution in [0.3, 0.4) is 0 Å². The van der Waals surface area contributed by atoms with Crippen LogP contribution in [0.2, 0.25) is 0 Å². The van der Waals surface area contributed by atoms with Crippen LogP contribution in [0.4, 0.5) is 11.5 Å². The first-order chi connectivity index (χ1) is 15.0. The van der Waals surface area contributed by atoms with Crippen molar-refractivity contribution < 1.29 is 14.4 Å². The lowest BCUT2D eigenvalue weighted by molar-refractivity contribution is -0.385. The maximum Gasteiger partial charge on any atom is 0.376 e. The van der Waals surface area contributed by atoms with E-state index in [1.165, 1.54) is 10.6 Å². The van der Waals surface area contributed by atoms with Gasteiger partial charge in [-0.3, -0.25) is 19.3 Å². The minimum absolute atomic E-state index is 0.0889. The Morgan fingerprint density at radius 2 is 2.03 bits per heavy atom. The van der Waals surface area contributed by atoms with Gasteiger partial charge < -0.3 is 14.4 Å². The predicted octanol–water partition coefficient (Wildman–Crippen LogP) is 3.43. The van der Waals surface area contributed by atoms with E-state index < -0.39 is 16.2 Å². The van der Waals surface area contributed by atoms with Crippen molar-refractivity contribution >= 4 is 17.2 Å². The van der Waals surface area contributed by atoms with Crippen molar-refractivity contribution in [3.8, 4) is 11.5 Å². The van der Waals surface area contributed by atoms with Crippen LogP contribution >= 0.6 is 0 Å². The summed E-state index contributed by atoms with van der Waals surface area (Å²) in [5, 5.41) is 11.9. The molecule has 3 aromatic rings. The Kier molecular flexibility index (Phi) is 5.75. The molecule has 0 bridgehead atoms. The molecule has 0 atom stereocenters. The predicted molar refractivity (Wildman–Crippen MR) is 116 cm³/mol. The molecule has 0 unspecified atom stereocenters. The molecule has 0 spiro atoms. The minimum atomic E-state index is -0.689. The molecule has 2 aromatic heterocycles. The highest BCUT2D eigenvalue weighted by molar-refractivity contribution is 5.62. The lowest BCUT2D eigenvalue weighted by atomic mass is 9.85. The maximum absolute atomic E-state index is 12.9. The second kappa shape index (κ2) is 8.63. The number of hydrogen-bond donors (Lipinski definition) is 0. The third-order valence-corrected chi connectivity index (χ3v) is 5.73. The quantitative estimate of drug-likeness (QED) is 0.403. The van der Waals surface area contributed by atoms with Gasteiger partial charge >= 0.3 is 11.2 Å². The van der Waals surface area contributed by atoms with Crippen molar-refractivity contribution in [2.45, 2.75) is 25.8 Å². The van der Waals surface area contributed by atoms with Crippen LogP contribution in [0.1, 0.15) is 24.8 Å². The summed E-state index contributed by atoms with van der Waals surface area (Å²) >= 11 is 0. The number of rotatable bonds is 8. The first kappa shape index (κ1) is 20.6. The first-order valence-electron chi connectivity index (χ1n) is 10.1. The van der Waals surface area contributed by atoms with E-state index >= 15 is 0 Å². The van der Waals surface area contributed by atoms with Gasteiger partial charge in [-0.2, -0.15) is 0 Å². The molecule has 9 nitrogen and oxygen atoms in total. The van der Waals surface area contributed by atoms with Gasteiger partial charge in [-0.25, -0.2) is 4.98 Å². The number of benzene rings is 1. The Hall–Kier alpha value is -3.62. The highest BCUT2D eigenvalue weighted by Crippen LogP contribution is 2.34. The third kappa shape index (κ3) is 4.03. The summed E-state index contributed by atoms with van der Waals surface area (Å²) in [6.45, 7) is 0.894. The van der Waals surface area contributed by atoms with Crippen molar-refractivity contribution in [2.75, 3.05) is 25.7 Å². The summed E-state index contributed by atoms with van der Waals surface area (Å²) in [6, 6.07) is 10.5. The largest absolute Gasteiger partial charge is 0.497 e. The molecule has 0 aliphatic heterocycles. The van der Waals surface area contributed by atoms with Crippen LogP contribution in [0.25, 0.3) is 5.65 Å². The first-order valence-corrected chi connectivity index (χ1v) is 10.1. The monoisotopic (exact) mass is 424 g/mol. The number of methoxy groups -OCH3 is 2. The van der Waals surface area contributed by atoms with Gasteiger partial charge in [-0.1, -0.05) is 12.5 Å². The zero-order valence-corrected chi connectivity index (χ0v) is 17.5. The molecule has 4 rings (SSSR count). The molecular formula is C22H24N4O5. The van der Waals surface area contributed by atoms with Crippen molar-refractivity contribution in [3.05, 3.63) is 68.6 Å². The van der Waals surface area contributed by atoms with Crippen LogP contribution in [0.15, 0.2) is 47.4 Å². The Morgan fingerprint density at radius 3 is 2.68 bits per heavy atom. The maximum atomic E-state index is 12.9. The molecule has 0 radical (unpaired) electrons. The molecule has 1 saturated carbocycles. The number of fused-ring (bicyclic) bond motifs is 1. The number of aromatic nitrogens is 2. The van der Waals surface area contributed by atoms with Gasteiger partial charge in [0.15, 0.2) is 0 Å². The van der Waals surface area contributed by atoms with Crippen molar-refractivity contribution in [2.24, 2.45) is 5.92 Å². The molecule has 1 aliphatic carbocycles. The molecule has 1 aliphatic rings. The van der Waals surface area contributed by atoms with Gasteiger partial charge in [-0.15, -0.1) is 0 Å². The van der Waals surface area contributed by atoms with Crippen molar-refractivity contribution in [1.29, 1.82) is 0 Å². The second-order valence-electron chi connectivity index (χ2n) is 7.63. The van der Waals surface area contributed by atoms with Crippen LogP contribution in [0.5, 0.6) is 11.5 Å². The molecular weight excluding hydrogens is 400 g/mol. The van der Waals surface area contributed by atoms with E-state index in [0.717, 1.165) is 24.8 Å². The summed E-state index contributed by atoms with van der Waals surface area (Å²) in [4.78, 5) is 30.6. The smallest absolute Gasteiger partial charge is 0.376 e. The second-order valence-corrected chi connectivity index (χ2v) is 7.63. The molecule has 31 heavy (non-hydrogen) atoms. The third-order valence-electron chi connectivity index (χ3n) is 5.73. The van der Waals surface area contributed by atoms with Gasteiger partial charge in [0.1, 0.15) is 17.1 Å². The Labute approximate surface area is 179 Å². The van der Waals surface area contributed by atoms with E-state index in [1.54, 1.807) is 38.5 Å². The van der Waals surface area contributed by atoms with Gasteiger partial charge in [0.2, 0.25) is 5.82 Å². The van der Waals surface area contributed by atoms with Crippen molar-refractivity contribution in [3.63, 3.8) is 0 Å². The number of anilines is 1. The molecule has 162 valence electrons. The van der Waals surface area contributed by atoms with E-state index in [2.05, 4.69) is 4.98 Å². The SMILES string of the molecule is COc1ccc(CN(CC2CCC2)c2nc3ccccn3c(=O)c2[N+](=O)[O-])c(OC)c1. The number of hydrogen-bond acceptors (Lipinski definition) is 7. The standard InChI is InChI=1S/C22H24N4O5/c1-30-17-10-9-16(18(12-17)31-2)14-24(13-15-6-5-7-15)21-20(26(28)29)22(27)25-11-4-3-8-19(25)23-21/h3-4,8-12,15H,5-7,13-14H2,1-2H3. The molecule has 1 aromatic carbocycles. The summed E-state index contributed by atoms with van der Waals surface area (Å²) in [6.07, 6.45) is 4.73. The fourth-order valence-corrected chi connectivity index (χ4v) is 3.85. The Morgan fingerprint density at radius 1 is 1.23 bits per heavy atom. The van der Waals surface area contributed by atoms with Gasteiger partial charge in [0.05, 0.1) is 19.1 Å². The van der Waals surface area contributed by atoms with Crippen LogP contribution in [-0.4, -0.2) is 35.1 Å². The normalized spacial score (nSPS) is 13.6. The zero-order valence-electron chi connectivity index (χ0n) is 17.5. The van der Waals surface area contributed by atoms with Gasteiger partial charge in [0.25, 0.3) is 0 Å². The van der Waals surface area contributed by atoms with Crippen LogP contribution in [0, 0.1) is 16.0 Å². The Bertz CT molecular complexity index is 1170. The molecule has 0 saturated heterocycles. The number of nitro groups is 1. The van der Waals surface area contributed by atoms with Gasteiger partial charge in [-0.05, 0) is 43.0 Å². The summed E-state index contributed by atoms with van der Waals surface area (Å²) in [5.41, 5.74) is -0.0122. The number of pyridine rings is 1. The highest BCUT2D eigenvalue weighted by atomic mass is 16.6. The van der Waals surface area contributed by atoms with Gasteiger partial charge in [0, 0.05) is 30.9 Å². The number of ether oxygens (including phenoxy) is 2. The fraction of sp³-hybridized carbons (Fsp3) is 0.364. The summed E-state index contributed by atoms with van der Waals surface area (Å²) in [5.74, 6) is 1.75. The van der Waals surface area contributed by atoms with Crippen LogP contribution in [-0.2, 0) is 6.54 Å². The zero-order chi connectivity index (χ0) is 22.0. The number of nitrogens with zero attached hydrogens (tertiary/aromatic N) is 4. The molecule has 9 heteroatoms. The molecule has 0 N–H and O–H groups in total. The summed E-state index contributed by atoms with van der Waals surface area (Å²) in [7, 11) is 3.14. The average molecular weight is 424 g/mol. The fourth-order valence-electron chi connectivity index (χ4n) is 3.85. The summed E-state index contributed by atoms with van der Waals surface area (Å²) < 4.78 is 12.0. The minimum Gasteiger partial charge on any atom is -0.497 e. The van der Waals surface area contributed by atoms with E-state index in [1.807, 2.05) is 17.0 Å². The van der Waals surface area contributed by atoms with E-state index in [-0.39, 0.29) is 5.82 Å². The molecule has 1 fully saturated rings. The van der Waals surface area contributed by atoms with E-state index in [4.69, 9.17) is 9.47 Å². The molecule has 2 heterocycles. The lowest BCUT2D eigenvalue weighted by Gasteiger charge is -2.33. The van der Waals surface area contributed by atoms with E-state index in [9.17, 15) is 14.9 Å². The van der Waals surface area contributed by atoms with Crippen molar-refractivity contribution in [1.82, 2.24) is 9.38 Å².